The molecule has 0 bridgehead atoms. The molecule has 0 spiro atoms. The molecule has 1 heterocycles. The van der Waals surface area contributed by atoms with Gasteiger partial charge >= 0.3 is 0 Å². The number of rotatable bonds is 9. The lowest BCUT2D eigenvalue weighted by atomic mass is 10.1. The second-order valence-corrected chi connectivity index (χ2v) is 10.7. The molecular formula is C33H29N3O3S. The third-order valence-corrected chi connectivity index (χ3v) is 7.53. The molecule has 40 heavy (non-hydrogen) atoms. The monoisotopic (exact) mass is 547 g/mol. The van der Waals surface area contributed by atoms with Gasteiger partial charge in [0.05, 0.1) is 16.7 Å². The molecular weight excluding hydrogens is 518 g/mol. The summed E-state index contributed by atoms with van der Waals surface area (Å²) in [5.74, 6) is -0.188. The van der Waals surface area contributed by atoms with Crippen LogP contribution in [0.25, 0.3) is 10.9 Å². The fourth-order valence-electron chi connectivity index (χ4n) is 4.62. The van der Waals surface area contributed by atoms with Crippen LogP contribution >= 0.6 is 11.8 Å². The summed E-state index contributed by atoms with van der Waals surface area (Å²) in [6.45, 7) is 4.38. The van der Waals surface area contributed by atoms with Crippen LogP contribution in [0.1, 0.15) is 37.4 Å². The molecule has 7 heteroatoms. The van der Waals surface area contributed by atoms with Crippen molar-refractivity contribution in [2.24, 2.45) is 0 Å². The smallest absolute Gasteiger partial charge is 0.262 e. The Morgan fingerprint density at radius 2 is 1.50 bits per heavy atom. The van der Waals surface area contributed by atoms with E-state index in [-0.39, 0.29) is 23.0 Å². The molecule has 1 N–H and O–H groups in total. The highest BCUT2D eigenvalue weighted by Gasteiger charge is 2.16. The van der Waals surface area contributed by atoms with E-state index in [1.165, 1.54) is 11.8 Å². The first kappa shape index (κ1) is 27.1. The first-order valence-corrected chi connectivity index (χ1v) is 14.0. The Morgan fingerprint density at radius 3 is 2.20 bits per heavy atom. The third-order valence-electron chi connectivity index (χ3n) is 6.56. The van der Waals surface area contributed by atoms with Gasteiger partial charge in [0.15, 0.2) is 10.9 Å². The summed E-state index contributed by atoms with van der Waals surface area (Å²) in [6, 6.07) is 29.8. The molecule has 200 valence electrons. The van der Waals surface area contributed by atoms with Gasteiger partial charge in [-0.15, -0.1) is 0 Å². The Kier molecular flexibility index (Phi) is 8.22. The van der Waals surface area contributed by atoms with Gasteiger partial charge in [-0.1, -0.05) is 78.5 Å². The van der Waals surface area contributed by atoms with Crippen molar-refractivity contribution in [2.75, 3.05) is 11.1 Å². The Balaban J connectivity index is 1.47. The highest BCUT2D eigenvalue weighted by molar-refractivity contribution is 7.99. The summed E-state index contributed by atoms with van der Waals surface area (Å²) in [5, 5.41) is 3.82. The van der Waals surface area contributed by atoms with Gasteiger partial charge in [0, 0.05) is 23.4 Å². The van der Waals surface area contributed by atoms with Gasteiger partial charge in [-0.25, -0.2) is 4.98 Å². The SMILES string of the molecule is Cc1cc(C)cc(NC(=O)c2ccc3c(=O)n(CCc4ccccc4)c(SCC(=O)c4ccccc4)nc3c2)c1. The van der Waals surface area contributed by atoms with Gasteiger partial charge in [-0.05, 0) is 67.3 Å². The first-order valence-electron chi connectivity index (χ1n) is 13.1. The molecule has 0 aliphatic carbocycles. The number of nitrogens with zero attached hydrogens (tertiary/aromatic N) is 2. The Hall–Kier alpha value is -4.49. The van der Waals surface area contributed by atoms with Crippen LogP contribution in [0.5, 0.6) is 0 Å². The van der Waals surface area contributed by atoms with Crippen LogP contribution in [0.15, 0.2) is 107 Å². The van der Waals surface area contributed by atoms with E-state index in [2.05, 4.69) is 5.32 Å². The number of anilines is 1. The van der Waals surface area contributed by atoms with Gasteiger partial charge in [0.1, 0.15) is 0 Å². The second kappa shape index (κ2) is 12.1. The van der Waals surface area contributed by atoms with Crippen molar-refractivity contribution in [1.82, 2.24) is 9.55 Å². The zero-order valence-electron chi connectivity index (χ0n) is 22.4. The molecule has 1 aromatic heterocycles. The fourth-order valence-corrected chi connectivity index (χ4v) is 5.54. The molecule has 0 aliphatic rings. The molecule has 0 unspecified atom stereocenters. The predicted octanol–water partition coefficient (Wildman–Crippen LogP) is 6.48. The molecule has 5 aromatic rings. The standard InChI is InChI=1S/C33H29N3O3S/c1-22-17-23(2)19-27(18-22)34-31(38)26-13-14-28-29(20-26)35-33(40-21-30(37)25-11-7-4-8-12-25)36(32(28)39)16-15-24-9-5-3-6-10-24/h3-14,17-20H,15-16,21H2,1-2H3,(H,34,38). The zero-order valence-corrected chi connectivity index (χ0v) is 23.2. The summed E-state index contributed by atoms with van der Waals surface area (Å²) in [6.07, 6.45) is 0.643. The van der Waals surface area contributed by atoms with Crippen molar-refractivity contribution >= 4 is 40.0 Å². The summed E-state index contributed by atoms with van der Waals surface area (Å²) in [7, 11) is 0. The van der Waals surface area contributed by atoms with E-state index >= 15 is 0 Å². The second-order valence-electron chi connectivity index (χ2n) is 9.73. The Bertz CT molecular complexity index is 1730. The van der Waals surface area contributed by atoms with E-state index in [0.29, 0.717) is 45.8 Å². The molecule has 6 nitrogen and oxygen atoms in total. The van der Waals surface area contributed by atoms with Crippen LogP contribution in [0, 0.1) is 13.8 Å². The molecule has 4 aromatic carbocycles. The maximum atomic E-state index is 13.7. The minimum absolute atomic E-state index is 0.0452. The zero-order chi connectivity index (χ0) is 28.1. The number of amides is 1. The van der Waals surface area contributed by atoms with Crippen molar-refractivity contribution in [3.05, 3.63) is 135 Å². The normalized spacial score (nSPS) is 10.9. The highest BCUT2D eigenvalue weighted by atomic mass is 32.2. The van der Waals surface area contributed by atoms with Gasteiger partial charge in [-0.2, -0.15) is 0 Å². The van der Waals surface area contributed by atoms with Gasteiger partial charge in [-0.3, -0.25) is 19.0 Å². The average Bonchev–Trinajstić information content (AvgIpc) is 2.95. The number of ketones is 1. The van der Waals surface area contributed by atoms with Gasteiger partial charge in [0.25, 0.3) is 11.5 Å². The van der Waals surface area contributed by atoms with E-state index < -0.39 is 0 Å². The first-order chi connectivity index (χ1) is 19.4. The largest absolute Gasteiger partial charge is 0.322 e. The Labute approximate surface area is 237 Å². The molecule has 1 amide bonds. The lowest BCUT2D eigenvalue weighted by Gasteiger charge is -2.14. The molecule has 0 fully saturated rings. The number of fused-ring (bicyclic) bond motifs is 1. The van der Waals surface area contributed by atoms with E-state index in [1.54, 1.807) is 34.9 Å². The molecule has 0 saturated heterocycles. The van der Waals surface area contributed by atoms with E-state index in [4.69, 9.17) is 4.98 Å². The van der Waals surface area contributed by atoms with Crippen LogP contribution in [-0.2, 0) is 13.0 Å². The Morgan fingerprint density at radius 1 is 0.825 bits per heavy atom. The minimum Gasteiger partial charge on any atom is -0.322 e. The van der Waals surface area contributed by atoms with Crippen molar-refractivity contribution in [1.29, 1.82) is 0 Å². The van der Waals surface area contributed by atoms with Crippen molar-refractivity contribution in [3.63, 3.8) is 0 Å². The van der Waals surface area contributed by atoms with Crippen molar-refractivity contribution < 1.29 is 9.59 Å². The number of benzene rings is 4. The van der Waals surface area contributed by atoms with E-state index in [9.17, 15) is 14.4 Å². The summed E-state index contributed by atoms with van der Waals surface area (Å²) in [4.78, 5) is 44.4. The van der Waals surface area contributed by atoms with Crippen LogP contribution in [0.3, 0.4) is 0 Å². The van der Waals surface area contributed by atoms with E-state index in [1.807, 2.05) is 80.6 Å². The van der Waals surface area contributed by atoms with Crippen LogP contribution in [-0.4, -0.2) is 27.0 Å². The van der Waals surface area contributed by atoms with Gasteiger partial charge < -0.3 is 5.32 Å². The quantitative estimate of drug-likeness (QED) is 0.130. The molecule has 0 aliphatic heterocycles. The maximum absolute atomic E-state index is 13.7. The van der Waals surface area contributed by atoms with Crippen LogP contribution < -0.4 is 10.9 Å². The molecule has 5 rings (SSSR count). The number of hydrogen-bond acceptors (Lipinski definition) is 5. The lowest BCUT2D eigenvalue weighted by molar-refractivity contribution is 0.101. The predicted molar refractivity (Wildman–Crippen MR) is 162 cm³/mol. The number of aryl methyl sites for hydroxylation is 3. The highest BCUT2D eigenvalue weighted by Crippen LogP contribution is 2.22. The molecule has 0 saturated carbocycles. The van der Waals surface area contributed by atoms with Crippen LogP contribution in [0.2, 0.25) is 0 Å². The number of thioether (sulfide) groups is 1. The number of carbonyl (C=O) groups excluding carboxylic acids is 2. The molecule has 0 radical (unpaired) electrons. The van der Waals surface area contributed by atoms with Crippen molar-refractivity contribution in [2.45, 2.75) is 32.0 Å². The third kappa shape index (κ3) is 6.38. The number of aromatic nitrogens is 2. The number of carbonyl (C=O) groups is 2. The lowest BCUT2D eigenvalue weighted by Crippen LogP contribution is -2.25. The molecule has 0 atom stereocenters. The minimum atomic E-state index is -0.282. The topological polar surface area (TPSA) is 81.1 Å². The number of hydrogen-bond donors (Lipinski definition) is 1. The average molecular weight is 548 g/mol. The van der Waals surface area contributed by atoms with Crippen molar-refractivity contribution in [3.8, 4) is 0 Å². The van der Waals surface area contributed by atoms with Gasteiger partial charge in [0.2, 0.25) is 0 Å². The number of Topliss-reactive ketones (excluding diaryl/α,β-unsaturated/α-hetero) is 1. The maximum Gasteiger partial charge on any atom is 0.262 e. The fraction of sp³-hybridized carbons (Fsp3) is 0.152. The summed E-state index contributed by atoms with van der Waals surface area (Å²) < 4.78 is 1.63. The summed E-state index contributed by atoms with van der Waals surface area (Å²) in [5.41, 5.74) is 5.15. The summed E-state index contributed by atoms with van der Waals surface area (Å²) >= 11 is 1.24. The number of nitrogens with one attached hydrogen (secondary N) is 1. The van der Waals surface area contributed by atoms with Crippen LogP contribution in [0.4, 0.5) is 5.69 Å². The van der Waals surface area contributed by atoms with E-state index in [0.717, 1.165) is 16.7 Å².